The average Bonchev–Trinajstić information content (AvgIpc) is 2.26. The molecular weight excluding hydrogens is 216 g/mol. The minimum atomic E-state index is -0.272. The van der Waals surface area contributed by atoms with E-state index in [2.05, 4.69) is 5.32 Å². The van der Waals surface area contributed by atoms with E-state index < -0.39 is 0 Å². The van der Waals surface area contributed by atoms with Crippen LogP contribution in [0.1, 0.15) is 0 Å². The van der Waals surface area contributed by atoms with E-state index >= 15 is 0 Å². The summed E-state index contributed by atoms with van der Waals surface area (Å²) in [5.41, 5.74) is 6.40. The topological polar surface area (TPSA) is 67.5 Å². The number of aliphatic hydroxyl groups is 1. The van der Waals surface area contributed by atoms with Crippen LogP contribution in [0.15, 0.2) is 18.2 Å². The van der Waals surface area contributed by atoms with E-state index in [-0.39, 0.29) is 12.6 Å². The molecular formula is C10H15ClN2O2. The fraction of sp³-hybridized carbons (Fsp3) is 0.400. The van der Waals surface area contributed by atoms with Gasteiger partial charge in [-0.1, -0.05) is 11.6 Å². The number of ether oxygens (including phenoxy) is 1. The van der Waals surface area contributed by atoms with Crippen molar-refractivity contribution in [3.05, 3.63) is 23.2 Å². The minimum absolute atomic E-state index is 0.0448. The fourth-order valence-electron chi connectivity index (χ4n) is 1.09. The molecule has 0 radical (unpaired) electrons. The van der Waals surface area contributed by atoms with Gasteiger partial charge in [-0.15, -0.1) is 0 Å². The Morgan fingerprint density at radius 3 is 2.87 bits per heavy atom. The Bertz CT molecular complexity index is 320. The molecule has 0 saturated heterocycles. The summed E-state index contributed by atoms with van der Waals surface area (Å²) in [5, 5.41) is 12.3. The molecule has 1 atom stereocenters. The van der Waals surface area contributed by atoms with E-state index in [1.54, 1.807) is 19.2 Å². The molecule has 0 aliphatic carbocycles. The van der Waals surface area contributed by atoms with Crippen molar-refractivity contribution in [3.8, 4) is 5.75 Å². The quantitative estimate of drug-likeness (QED) is 0.708. The largest absolute Gasteiger partial charge is 0.495 e. The van der Waals surface area contributed by atoms with Crippen molar-refractivity contribution in [2.24, 2.45) is 5.73 Å². The Kier molecular flexibility index (Phi) is 4.68. The van der Waals surface area contributed by atoms with Crippen LogP contribution >= 0.6 is 11.6 Å². The highest BCUT2D eigenvalue weighted by atomic mass is 35.5. The molecule has 0 spiro atoms. The third-order valence-electron chi connectivity index (χ3n) is 1.95. The predicted molar refractivity (Wildman–Crippen MR) is 61.6 cm³/mol. The van der Waals surface area contributed by atoms with Crippen molar-refractivity contribution in [3.63, 3.8) is 0 Å². The second-order valence-electron chi connectivity index (χ2n) is 3.17. The van der Waals surface area contributed by atoms with Crippen molar-refractivity contribution in [1.82, 2.24) is 0 Å². The molecule has 4 N–H and O–H groups in total. The lowest BCUT2D eigenvalue weighted by Gasteiger charge is -2.12. The van der Waals surface area contributed by atoms with Crippen LogP contribution in [0, 0.1) is 0 Å². The van der Waals surface area contributed by atoms with Gasteiger partial charge in [0.2, 0.25) is 0 Å². The van der Waals surface area contributed by atoms with E-state index in [1.807, 2.05) is 6.07 Å². The number of anilines is 1. The highest BCUT2D eigenvalue weighted by Crippen LogP contribution is 2.26. The van der Waals surface area contributed by atoms with E-state index in [4.69, 9.17) is 27.2 Å². The van der Waals surface area contributed by atoms with Crippen LogP contribution in [0.5, 0.6) is 5.75 Å². The van der Waals surface area contributed by atoms with Gasteiger partial charge in [0.05, 0.1) is 18.7 Å². The van der Waals surface area contributed by atoms with Crippen LogP contribution in [-0.4, -0.2) is 31.4 Å². The van der Waals surface area contributed by atoms with E-state index in [9.17, 15) is 0 Å². The summed E-state index contributed by atoms with van der Waals surface area (Å²) < 4.78 is 5.02. The second-order valence-corrected chi connectivity index (χ2v) is 3.58. The van der Waals surface area contributed by atoms with Crippen LogP contribution in [0.3, 0.4) is 0 Å². The third kappa shape index (κ3) is 3.58. The maximum Gasteiger partial charge on any atom is 0.137 e. The van der Waals surface area contributed by atoms with E-state index in [0.717, 1.165) is 5.69 Å². The molecule has 0 saturated carbocycles. The molecule has 1 unspecified atom stereocenters. The first-order valence-corrected chi connectivity index (χ1v) is 4.99. The lowest BCUT2D eigenvalue weighted by molar-refractivity contribution is 0.270. The molecule has 0 aliphatic heterocycles. The minimum Gasteiger partial charge on any atom is -0.495 e. The van der Waals surface area contributed by atoms with Crippen molar-refractivity contribution in [1.29, 1.82) is 0 Å². The van der Waals surface area contributed by atoms with E-state index in [0.29, 0.717) is 17.3 Å². The molecule has 1 rings (SSSR count). The molecule has 0 aromatic heterocycles. The zero-order valence-electron chi connectivity index (χ0n) is 8.53. The number of aliphatic hydroxyl groups excluding tert-OH is 1. The van der Waals surface area contributed by atoms with Gasteiger partial charge in [0, 0.05) is 18.3 Å². The van der Waals surface area contributed by atoms with Crippen molar-refractivity contribution < 1.29 is 9.84 Å². The predicted octanol–water partition coefficient (Wildman–Crippen LogP) is 1.08. The lowest BCUT2D eigenvalue weighted by atomic mass is 10.2. The van der Waals surface area contributed by atoms with Crippen molar-refractivity contribution in [2.45, 2.75) is 6.04 Å². The molecule has 0 heterocycles. The van der Waals surface area contributed by atoms with Crippen molar-refractivity contribution >= 4 is 17.3 Å². The zero-order valence-corrected chi connectivity index (χ0v) is 9.29. The van der Waals surface area contributed by atoms with Gasteiger partial charge < -0.3 is 20.9 Å². The number of hydrogen-bond acceptors (Lipinski definition) is 4. The standard InChI is InChI=1S/C10H15ClN2O2/c1-15-10-3-2-8(4-9(10)11)13-5-7(12)6-14/h2-4,7,13-14H,5-6,12H2,1H3. The third-order valence-corrected chi connectivity index (χ3v) is 2.25. The highest BCUT2D eigenvalue weighted by molar-refractivity contribution is 6.32. The molecule has 84 valence electrons. The number of benzene rings is 1. The second kappa shape index (κ2) is 5.80. The van der Waals surface area contributed by atoms with Crippen LogP contribution in [0.2, 0.25) is 5.02 Å². The van der Waals surface area contributed by atoms with Gasteiger partial charge in [0.1, 0.15) is 5.75 Å². The average molecular weight is 231 g/mol. The number of nitrogens with two attached hydrogens (primary N) is 1. The first kappa shape index (κ1) is 12.1. The molecule has 0 fully saturated rings. The summed E-state index contributed by atoms with van der Waals surface area (Å²) in [6, 6.07) is 5.10. The maximum atomic E-state index is 8.74. The number of halogens is 1. The van der Waals surface area contributed by atoms with Gasteiger partial charge in [-0.05, 0) is 18.2 Å². The van der Waals surface area contributed by atoms with Gasteiger partial charge in [0.15, 0.2) is 0 Å². The Morgan fingerprint density at radius 1 is 1.60 bits per heavy atom. The Balaban J connectivity index is 2.59. The molecule has 1 aromatic rings. The normalized spacial score (nSPS) is 12.3. The van der Waals surface area contributed by atoms with Gasteiger partial charge >= 0.3 is 0 Å². The zero-order chi connectivity index (χ0) is 11.3. The number of nitrogens with one attached hydrogen (secondary N) is 1. The van der Waals surface area contributed by atoms with E-state index in [1.165, 1.54) is 0 Å². The fourth-order valence-corrected chi connectivity index (χ4v) is 1.35. The van der Waals surface area contributed by atoms with Gasteiger partial charge in [0.25, 0.3) is 0 Å². The summed E-state index contributed by atoms with van der Waals surface area (Å²) in [7, 11) is 1.57. The van der Waals surface area contributed by atoms with Crippen LogP contribution in [0.25, 0.3) is 0 Å². The molecule has 5 heteroatoms. The van der Waals surface area contributed by atoms with Gasteiger partial charge in [-0.2, -0.15) is 0 Å². The van der Waals surface area contributed by atoms with Crippen LogP contribution < -0.4 is 15.8 Å². The molecule has 1 aromatic carbocycles. The number of hydrogen-bond donors (Lipinski definition) is 3. The number of rotatable bonds is 5. The SMILES string of the molecule is COc1ccc(NCC(N)CO)cc1Cl. The monoisotopic (exact) mass is 230 g/mol. The molecule has 4 nitrogen and oxygen atoms in total. The highest BCUT2D eigenvalue weighted by Gasteiger charge is 2.03. The lowest BCUT2D eigenvalue weighted by Crippen LogP contribution is -2.32. The molecule has 0 amide bonds. The smallest absolute Gasteiger partial charge is 0.137 e. The summed E-state index contributed by atoms with van der Waals surface area (Å²) in [6.07, 6.45) is 0. The van der Waals surface area contributed by atoms with Crippen LogP contribution in [0.4, 0.5) is 5.69 Å². The van der Waals surface area contributed by atoms with Gasteiger partial charge in [-0.3, -0.25) is 0 Å². The number of methoxy groups -OCH3 is 1. The maximum absolute atomic E-state index is 8.74. The Morgan fingerprint density at radius 2 is 2.33 bits per heavy atom. The molecule has 15 heavy (non-hydrogen) atoms. The van der Waals surface area contributed by atoms with Crippen LogP contribution in [-0.2, 0) is 0 Å². The molecule has 0 aliphatic rings. The first-order chi connectivity index (χ1) is 7.17. The summed E-state index contributed by atoms with van der Waals surface area (Å²) in [4.78, 5) is 0. The Hall–Kier alpha value is -0.970. The summed E-state index contributed by atoms with van der Waals surface area (Å²) >= 11 is 5.93. The summed E-state index contributed by atoms with van der Waals surface area (Å²) in [5.74, 6) is 0.633. The van der Waals surface area contributed by atoms with Gasteiger partial charge in [-0.25, -0.2) is 0 Å². The van der Waals surface area contributed by atoms with Crippen molar-refractivity contribution in [2.75, 3.05) is 25.6 Å². The first-order valence-electron chi connectivity index (χ1n) is 4.61. The Labute approximate surface area is 94.0 Å². The molecule has 0 bridgehead atoms. The summed E-state index contributed by atoms with van der Waals surface area (Å²) in [6.45, 7) is 0.454.